The quantitative estimate of drug-likeness (QED) is 0.234. The van der Waals surface area contributed by atoms with Crippen molar-refractivity contribution in [2.24, 2.45) is 16.8 Å². The number of nitrogens with zero attached hydrogens (tertiary/aromatic N) is 3. The molecule has 2 saturated heterocycles. The Morgan fingerprint density at radius 1 is 0.860 bits per heavy atom. The topological polar surface area (TPSA) is 106 Å². The van der Waals surface area contributed by atoms with Gasteiger partial charge in [-0.2, -0.15) is 0 Å². The van der Waals surface area contributed by atoms with Crippen molar-refractivity contribution in [3.05, 3.63) is 12.3 Å². The zero-order valence-electron chi connectivity index (χ0n) is 27.7. The van der Waals surface area contributed by atoms with E-state index >= 15 is 0 Å². The van der Waals surface area contributed by atoms with Crippen LogP contribution in [0.4, 0.5) is 9.59 Å². The number of hydrogen-bond acceptors (Lipinski definition) is 6. The van der Waals surface area contributed by atoms with E-state index < -0.39 is 29.3 Å². The number of Topliss-reactive ketones (excluding diaryl/α,β-unsaturated/α-hetero) is 2. The third-order valence-corrected chi connectivity index (χ3v) is 8.51. The number of unbranched alkanes of at least 4 members (excludes halogenated alkanes) is 4. The Morgan fingerprint density at radius 2 is 1.49 bits per heavy atom. The van der Waals surface area contributed by atoms with Crippen molar-refractivity contribution in [3.8, 4) is 0 Å². The summed E-state index contributed by atoms with van der Waals surface area (Å²) < 4.78 is 11.3. The van der Waals surface area contributed by atoms with Gasteiger partial charge >= 0.3 is 12.2 Å². The minimum atomic E-state index is -0.854. The molecule has 0 aromatic heterocycles. The standard InChI is InChI=1S/C34H55N3O6/c1-9-10-11-12-16-19-26(38)22-25-20-21-27-28(29(39)24-17-14-13-15-18-24)23(2)36(32(41)43-34(6,7)8)30(37(25)27)35-31(40)42-33(3,4)5/h24-25,27-28H,2,9-22H2,1,3-8H3/b35-30-/t25-,27?,28-/m0/s1. The second-order valence-corrected chi connectivity index (χ2v) is 14.5. The monoisotopic (exact) mass is 601 g/mol. The highest BCUT2D eigenvalue weighted by molar-refractivity contribution is 6.04. The Balaban J connectivity index is 2.02. The molecule has 9 heteroatoms. The molecule has 3 rings (SSSR count). The van der Waals surface area contributed by atoms with Crippen molar-refractivity contribution in [1.82, 2.24) is 9.80 Å². The summed E-state index contributed by atoms with van der Waals surface area (Å²) in [6.45, 7) is 16.9. The molecule has 0 bridgehead atoms. The molecule has 3 fully saturated rings. The van der Waals surface area contributed by atoms with Crippen LogP contribution >= 0.6 is 0 Å². The molecule has 0 aromatic rings. The second-order valence-electron chi connectivity index (χ2n) is 14.5. The number of carbonyl (C=O) groups excluding carboxylic acids is 4. The highest BCUT2D eigenvalue weighted by Crippen LogP contribution is 2.43. The summed E-state index contributed by atoms with van der Waals surface area (Å²) in [5, 5.41) is 0. The number of rotatable bonds is 10. The number of guanidine groups is 1. The highest BCUT2D eigenvalue weighted by atomic mass is 16.6. The van der Waals surface area contributed by atoms with E-state index in [4.69, 9.17) is 9.47 Å². The van der Waals surface area contributed by atoms with Gasteiger partial charge in [0.25, 0.3) is 0 Å². The zero-order valence-corrected chi connectivity index (χ0v) is 27.7. The summed E-state index contributed by atoms with van der Waals surface area (Å²) in [6.07, 6.45) is 10.5. The van der Waals surface area contributed by atoms with Crippen molar-refractivity contribution in [2.75, 3.05) is 0 Å². The van der Waals surface area contributed by atoms with Gasteiger partial charge in [-0.15, -0.1) is 4.99 Å². The van der Waals surface area contributed by atoms with Gasteiger partial charge in [0.1, 0.15) is 22.8 Å². The van der Waals surface area contributed by atoms with E-state index in [1.165, 1.54) is 4.90 Å². The van der Waals surface area contributed by atoms with Crippen LogP contribution in [0.25, 0.3) is 0 Å². The number of hydrogen-bond donors (Lipinski definition) is 0. The number of ketones is 2. The van der Waals surface area contributed by atoms with Gasteiger partial charge in [0.15, 0.2) is 0 Å². The van der Waals surface area contributed by atoms with Crippen LogP contribution in [0.15, 0.2) is 17.3 Å². The lowest BCUT2D eigenvalue weighted by atomic mass is 9.77. The molecular weight excluding hydrogens is 546 g/mol. The van der Waals surface area contributed by atoms with Crippen LogP contribution in [-0.2, 0) is 19.1 Å². The van der Waals surface area contributed by atoms with Gasteiger partial charge in [-0.3, -0.25) is 9.59 Å². The van der Waals surface area contributed by atoms with E-state index in [0.717, 1.165) is 64.2 Å². The van der Waals surface area contributed by atoms with Crippen molar-refractivity contribution in [3.63, 3.8) is 0 Å². The molecule has 2 amide bonds. The minimum absolute atomic E-state index is 0.0319. The molecule has 242 valence electrons. The van der Waals surface area contributed by atoms with Gasteiger partial charge in [0.2, 0.25) is 5.96 Å². The summed E-state index contributed by atoms with van der Waals surface area (Å²) in [5.74, 6) is -0.521. The maximum Gasteiger partial charge on any atom is 0.437 e. The summed E-state index contributed by atoms with van der Waals surface area (Å²) in [7, 11) is 0. The second kappa shape index (κ2) is 14.8. The molecule has 2 aliphatic heterocycles. The Hall–Kier alpha value is -2.71. The summed E-state index contributed by atoms with van der Waals surface area (Å²) in [4.78, 5) is 61.7. The molecule has 0 aromatic carbocycles. The van der Waals surface area contributed by atoms with Crippen LogP contribution in [-0.4, -0.2) is 62.8 Å². The van der Waals surface area contributed by atoms with Crippen molar-refractivity contribution in [2.45, 2.75) is 162 Å². The molecule has 0 spiro atoms. The molecule has 3 aliphatic rings. The maximum absolute atomic E-state index is 14.2. The molecule has 0 radical (unpaired) electrons. The lowest BCUT2D eigenvalue weighted by molar-refractivity contribution is -0.129. The smallest absolute Gasteiger partial charge is 0.437 e. The number of ether oxygens (including phenoxy) is 2. The molecule has 1 saturated carbocycles. The largest absolute Gasteiger partial charge is 0.443 e. The molecular formula is C34H55N3O6. The van der Waals surface area contributed by atoms with E-state index in [1.54, 1.807) is 41.5 Å². The highest BCUT2D eigenvalue weighted by Gasteiger charge is 2.54. The van der Waals surface area contributed by atoms with Crippen LogP contribution in [0.1, 0.15) is 138 Å². The normalized spacial score (nSPS) is 24.2. The van der Waals surface area contributed by atoms with Crippen LogP contribution in [0.2, 0.25) is 0 Å². The first-order valence-electron chi connectivity index (χ1n) is 16.5. The fraction of sp³-hybridized carbons (Fsp3) is 0.794. The SMILES string of the molecule is C=C1[C@H](C(=O)C2CCCCC2)C2CC[C@@H](CC(=O)CCCCCCC)N2/C(=N\C(=O)OC(C)(C)C)N1C(=O)OC(C)(C)C. The summed E-state index contributed by atoms with van der Waals surface area (Å²) >= 11 is 0. The average molecular weight is 602 g/mol. The number of aliphatic imine (C=N–C) groups is 1. The van der Waals surface area contributed by atoms with Crippen molar-refractivity contribution < 1.29 is 28.7 Å². The van der Waals surface area contributed by atoms with Crippen LogP contribution in [0.3, 0.4) is 0 Å². The fourth-order valence-electron chi connectivity index (χ4n) is 6.62. The van der Waals surface area contributed by atoms with Gasteiger partial charge in [-0.05, 0) is 73.6 Å². The Kier molecular flexibility index (Phi) is 12.0. The van der Waals surface area contributed by atoms with Crippen molar-refractivity contribution >= 4 is 29.7 Å². The van der Waals surface area contributed by atoms with Gasteiger partial charge in [0, 0.05) is 36.5 Å². The Bertz CT molecular complexity index is 1060. The lowest BCUT2D eigenvalue weighted by Gasteiger charge is -2.47. The number of fused-ring (bicyclic) bond motifs is 1. The van der Waals surface area contributed by atoms with Crippen LogP contribution < -0.4 is 0 Å². The third-order valence-electron chi connectivity index (χ3n) is 8.51. The van der Waals surface area contributed by atoms with E-state index in [1.807, 2.05) is 4.90 Å². The first-order valence-corrected chi connectivity index (χ1v) is 16.5. The van der Waals surface area contributed by atoms with Crippen molar-refractivity contribution in [1.29, 1.82) is 0 Å². The predicted molar refractivity (Wildman–Crippen MR) is 168 cm³/mol. The first-order chi connectivity index (χ1) is 20.1. The number of amides is 2. The molecule has 9 nitrogen and oxygen atoms in total. The molecule has 2 heterocycles. The van der Waals surface area contributed by atoms with Crippen LogP contribution in [0, 0.1) is 11.8 Å². The van der Waals surface area contributed by atoms with E-state index in [2.05, 4.69) is 18.5 Å². The molecule has 43 heavy (non-hydrogen) atoms. The van der Waals surface area contributed by atoms with Gasteiger partial charge in [-0.25, -0.2) is 14.5 Å². The average Bonchev–Trinajstić information content (AvgIpc) is 3.29. The first kappa shape index (κ1) is 34.8. The molecule has 3 atom stereocenters. The number of carbonyl (C=O) groups is 4. The summed E-state index contributed by atoms with van der Waals surface area (Å²) in [6, 6.07) is -0.668. The van der Waals surface area contributed by atoms with Gasteiger partial charge in [0.05, 0.1) is 5.92 Å². The predicted octanol–water partition coefficient (Wildman–Crippen LogP) is 7.96. The third kappa shape index (κ3) is 9.64. The van der Waals surface area contributed by atoms with Gasteiger partial charge < -0.3 is 14.4 Å². The maximum atomic E-state index is 14.2. The Labute approximate surface area is 258 Å². The van der Waals surface area contributed by atoms with E-state index in [9.17, 15) is 19.2 Å². The molecule has 0 N–H and O–H groups in total. The van der Waals surface area contributed by atoms with Gasteiger partial charge in [-0.1, -0.05) is 58.4 Å². The van der Waals surface area contributed by atoms with Crippen LogP contribution in [0.5, 0.6) is 0 Å². The Morgan fingerprint density at radius 3 is 2.09 bits per heavy atom. The minimum Gasteiger partial charge on any atom is -0.443 e. The van der Waals surface area contributed by atoms with E-state index in [0.29, 0.717) is 19.3 Å². The molecule has 1 unspecified atom stereocenters. The van der Waals surface area contributed by atoms with E-state index in [-0.39, 0.29) is 47.6 Å². The zero-order chi connectivity index (χ0) is 31.9. The fourth-order valence-corrected chi connectivity index (χ4v) is 6.62. The lowest BCUT2D eigenvalue weighted by Crippen LogP contribution is -2.62. The molecule has 1 aliphatic carbocycles. The summed E-state index contributed by atoms with van der Waals surface area (Å²) in [5.41, 5.74) is -1.37.